The van der Waals surface area contributed by atoms with Crippen LogP contribution in [0.5, 0.6) is 5.75 Å². The van der Waals surface area contributed by atoms with Gasteiger partial charge < -0.3 is 20.3 Å². The summed E-state index contributed by atoms with van der Waals surface area (Å²) in [5.74, 6) is 0.846. The van der Waals surface area contributed by atoms with Gasteiger partial charge in [0, 0.05) is 36.9 Å². The Morgan fingerprint density at radius 3 is 2.70 bits per heavy atom. The van der Waals surface area contributed by atoms with Gasteiger partial charge in [0.1, 0.15) is 11.8 Å². The second-order valence-electron chi connectivity index (χ2n) is 11.3. The van der Waals surface area contributed by atoms with Crippen LogP contribution < -0.4 is 15.4 Å². The number of hydrogen-bond acceptors (Lipinski definition) is 6. The fourth-order valence-corrected chi connectivity index (χ4v) is 6.51. The van der Waals surface area contributed by atoms with Crippen molar-refractivity contribution in [3.05, 3.63) is 63.4 Å². The third-order valence-corrected chi connectivity index (χ3v) is 8.74. The predicted molar refractivity (Wildman–Crippen MR) is 167 cm³/mol. The van der Waals surface area contributed by atoms with E-state index in [1.165, 1.54) is 16.9 Å². The van der Waals surface area contributed by atoms with Gasteiger partial charge in [0.05, 0.1) is 16.0 Å². The molecular formula is C31H41BrN4O3S. The van der Waals surface area contributed by atoms with E-state index in [2.05, 4.69) is 76.4 Å². The van der Waals surface area contributed by atoms with Gasteiger partial charge in [-0.3, -0.25) is 14.5 Å². The molecule has 2 aromatic carbocycles. The summed E-state index contributed by atoms with van der Waals surface area (Å²) < 4.78 is 7.96. The zero-order chi connectivity index (χ0) is 28.6. The van der Waals surface area contributed by atoms with Crippen LogP contribution in [0.2, 0.25) is 0 Å². The number of rotatable bonds is 13. The van der Waals surface area contributed by atoms with Crippen LogP contribution >= 0.6 is 27.3 Å². The number of hydrogen-bond donors (Lipinski definition) is 2. The van der Waals surface area contributed by atoms with Crippen molar-refractivity contribution in [3.63, 3.8) is 0 Å². The van der Waals surface area contributed by atoms with Crippen molar-refractivity contribution < 1.29 is 14.3 Å². The van der Waals surface area contributed by atoms with E-state index < -0.39 is 6.04 Å². The summed E-state index contributed by atoms with van der Waals surface area (Å²) in [5.41, 5.74) is 1.20. The molecule has 2 atom stereocenters. The molecule has 1 saturated heterocycles. The molecule has 0 saturated carbocycles. The molecule has 40 heavy (non-hydrogen) atoms. The highest BCUT2D eigenvalue weighted by Crippen LogP contribution is 2.28. The van der Waals surface area contributed by atoms with Crippen molar-refractivity contribution in [1.29, 1.82) is 0 Å². The van der Waals surface area contributed by atoms with Crippen LogP contribution in [0.15, 0.2) is 53.0 Å². The van der Waals surface area contributed by atoms with E-state index in [-0.39, 0.29) is 23.8 Å². The Morgan fingerprint density at radius 1 is 1.18 bits per heavy atom. The summed E-state index contributed by atoms with van der Waals surface area (Å²) in [5, 5.41) is 7.27. The van der Waals surface area contributed by atoms with Gasteiger partial charge in [-0.05, 0) is 90.4 Å². The molecule has 3 aromatic rings. The number of amides is 2. The Labute approximate surface area is 250 Å². The molecule has 0 spiro atoms. The van der Waals surface area contributed by atoms with Crippen molar-refractivity contribution in [2.45, 2.75) is 51.7 Å². The van der Waals surface area contributed by atoms with Crippen LogP contribution in [-0.4, -0.2) is 74.0 Å². The van der Waals surface area contributed by atoms with E-state index in [0.29, 0.717) is 17.9 Å². The summed E-state index contributed by atoms with van der Waals surface area (Å²) in [7, 11) is 4.13. The second-order valence-corrected chi connectivity index (χ2v) is 13.2. The maximum absolute atomic E-state index is 13.3. The van der Waals surface area contributed by atoms with Crippen molar-refractivity contribution >= 4 is 49.2 Å². The third kappa shape index (κ3) is 8.77. The molecule has 1 aromatic heterocycles. The van der Waals surface area contributed by atoms with E-state index in [1.807, 2.05) is 36.4 Å². The number of carbonyl (C=O) groups is 2. The number of benzene rings is 2. The lowest BCUT2D eigenvalue weighted by Gasteiger charge is -2.23. The lowest BCUT2D eigenvalue weighted by atomic mass is 10.0. The maximum Gasteiger partial charge on any atom is 0.262 e. The number of thiophene rings is 1. The highest BCUT2D eigenvalue weighted by Gasteiger charge is 2.29. The fourth-order valence-electron chi connectivity index (χ4n) is 5.00. The molecule has 0 unspecified atom stereocenters. The largest absolute Gasteiger partial charge is 0.492 e. The first-order valence-corrected chi connectivity index (χ1v) is 15.7. The Morgan fingerprint density at radius 2 is 1.98 bits per heavy atom. The number of carbonyl (C=O) groups excluding carboxylic acids is 2. The van der Waals surface area contributed by atoms with E-state index in [0.717, 1.165) is 59.3 Å². The minimum Gasteiger partial charge on any atom is -0.492 e. The lowest BCUT2D eigenvalue weighted by molar-refractivity contribution is -0.124. The molecule has 4 rings (SSSR count). The summed E-state index contributed by atoms with van der Waals surface area (Å²) in [6.45, 7) is 8.33. The predicted octanol–water partition coefficient (Wildman–Crippen LogP) is 5.53. The third-order valence-electron chi connectivity index (χ3n) is 7.01. The number of nitrogens with zero attached hydrogens (tertiary/aromatic N) is 2. The molecule has 9 heteroatoms. The minimum absolute atomic E-state index is 0.0612. The number of likely N-dealkylation sites (tertiary alicyclic amines) is 1. The van der Waals surface area contributed by atoms with Crippen molar-refractivity contribution in [2.75, 3.05) is 40.3 Å². The van der Waals surface area contributed by atoms with Crippen LogP contribution in [0.1, 0.15) is 48.3 Å². The summed E-state index contributed by atoms with van der Waals surface area (Å²) >= 11 is 5.12. The standard InChI is InChI=1S/C31H41BrN4O3S/c1-21(2)16-26(34-31(38)29-18-23-8-5-6-9-28(23)40-29)30(37)33-24-12-14-36(20-24)19-22-10-11-27(25(32)17-22)39-15-7-13-35(3)4/h5-6,8-11,17-18,21,24,26H,7,12-16,19-20H2,1-4H3,(H,33,37)(H,34,38)/t24-,26-/m0/s1. The minimum atomic E-state index is -0.562. The van der Waals surface area contributed by atoms with Gasteiger partial charge in [-0.15, -0.1) is 11.3 Å². The molecule has 0 aliphatic carbocycles. The first-order chi connectivity index (χ1) is 19.2. The molecule has 216 valence electrons. The molecule has 0 bridgehead atoms. The van der Waals surface area contributed by atoms with Gasteiger partial charge in [-0.1, -0.05) is 38.1 Å². The monoisotopic (exact) mass is 628 g/mol. The van der Waals surface area contributed by atoms with Crippen molar-refractivity contribution in [3.8, 4) is 5.75 Å². The van der Waals surface area contributed by atoms with Crippen LogP contribution in [0, 0.1) is 5.92 Å². The molecule has 1 aliphatic heterocycles. The van der Waals surface area contributed by atoms with Gasteiger partial charge in [0.2, 0.25) is 5.91 Å². The van der Waals surface area contributed by atoms with E-state index in [4.69, 9.17) is 4.74 Å². The van der Waals surface area contributed by atoms with E-state index in [9.17, 15) is 9.59 Å². The Hall–Kier alpha value is -2.46. The van der Waals surface area contributed by atoms with Crippen LogP contribution in [-0.2, 0) is 11.3 Å². The molecular weight excluding hydrogens is 588 g/mol. The topological polar surface area (TPSA) is 73.9 Å². The lowest BCUT2D eigenvalue weighted by Crippen LogP contribution is -2.50. The van der Waals surface area contributed by atoms with Crippen LogP contribution in [0.3, 0.4) is 0 Å². The molecule has 1 fully saturated rings. The zero-order valence-corrected chi connectivity index (χ0v) is 26.3. The van der Waals surface area contributed by atoms with Gasteiger partial charge in [-0.25, -0.2) is 0 Å². The van der Waals surface area contributed by atoms with Gasteiger partial charge >= 0.3 is 0 Å². The maximum atomic E-state index is 13.3. The summed E-state index contributed by atoms with van der Waals surface area (Å²) in [6.07, 6.45) is 2.46. The fraction of sp³-hybridized carbons (Fsp3) is 0.484. The molecule has 2 amide bonds. The van der Waals surface area contributed by atoms with E-state index >= 15 is 0 Å². The number of ether oxygens (including phenoxy) is 1. The van der Waals surface area contributed by atoms with Gasteiger partial charge in [-0.2, -0.15) is 0 Å². The van der Waals surface area contributed by atoms with Crippen molar-refractivity contribution in [1.82, 2.24) is 20.4 Å². The summed E-state index contributed by atoms with van der Waals surface area (Å²) in [4.78, 5) is 31.5. The molecule has 2 N–H and O–H groups in total. The smallest absolute Gasteiger partial charge is 0.262 e. The number of halogens is 1. The average Bonchev–Trinajstić information content (AvgIpc) is 3.53. The zero-order valence-electron chi connectivity index (χ0n) is 23.9. The number of fused-ring (bicyclic) bond motifs is 1. The molecule has 1 aliphatic rings. The van der Waals surface area contributed by atoms with Crippen LogP contribution in [0.4, 0.5) is 0 Å². The normalized spacial score (nSPS) is 16.5. The Bertz CT molecular complexity index is 1260. The summed E-state index contributed by atoms with van der Waals surface area (Å²) in [6, 6.07) is 15.6. The first-order valence-electron chi connectivity index (χ1n) is 14.1. The Balaban J connectivity index is 1.28. The highest BCUT2D eigenvalue weighted by molar-refractivity contribution is 9.10. The first kappa shape index (κ1) is 30.5. The van der Waals surface area contributed by atoms with E-state index in [1.54, 1.807) is 0 Å². The molecule has 0 radical (unpaired) electrons. The second kappa shape index (κ2) is 14.4. The van der Waals surface area contributed by atoms with Crippen LogP contribution in [0.25, 0.3) is 10.1 Å². The average molecular weight is 630 g/mol. The van der Waals surface area contributed by atoms with Crippen molar-refractivity contribution in [2.24, 2.45) is 5.92 Å². The highest BCUT2D eigenvalue weighted by atomic mass is 79.9. The quantitative estimate of drug-likeness (QED) is 0.244. The SMILES string of the molecule is CC(C)C[C@H](NC(=O)c1cc2ccccc2s1)C(=O)N[C@H]1CCN(Cc2ccc(OCCCN(C)C)c(Br)c2)C1. The number of nitrogens with one attached hydrogen (secondary N) is 2. The van der Waals surface area contributed by atoms with Gasteiger partial charge in [0.25, 0.3) is 5.91 Å². The van der Waals surface area contributed by atoms with Gasteiger partial charge in [0.15, 0.2) is 0 Å². The molecule has 2 heterocycles. The molecule has 7 nitrogen and oxygen atoms in total. The Kier molecular flexibility index (Phi) is 11.0.